The molecule has 0 saturated heterocycles. The predicted molar refractivity (Wildman–Crippen MR) is 192 cm³/mol. The molecule has 0 saturated carbocycles. The SMILES string of the molecule is [CH2-]S.[CH2-]S.[CH2-]S.[CH2-]S.[CH2-]S.[CH2-]S.[CH2-]SP1(S[CH2-])=NP(S[CH2-])(S[CH2-])=NP(S[CH2-])(S[CH2-])=N1.[Rf].[Rf].[Rf].[Rf].[Rf].[Rf]. The van der Waals surface area contributed by atoms with Crippen LogP contribution >= 0.6 is 161 Å². The summed E-state index contributed by atoms with van der Waals surface area (Å²) in [5.74, 6) is 0. The van der Waals surface area contributed by atoms with E-state index in [1.54, 1.807) is 0 Å². The summed E-state index contributed by atoms with van der Waals surface area (Å²) < 4.78 is 14.5. The van der Waals surface area contributed by atoms with E-state index < -0.39 is 16.8 Å². The molecule has 0 aromatic carbocycles. The predicted octanol–water partition coefficient (Wildman–Crippen LogP) is 13.2. The molecule has 0 radical (unpaired) electrons. The van der Waals surface area contributed by atoms with Gasteiger partial charge in [0.05, 0.1) is 0 Å². The van der Waals surface area contributed by atoms with Crippen molar-refractivity contribution in [3.63, 3.8) is 0 Å². The Morgan fingerprint density at radius 3 is 0.444 bits per heavy atom. The van der Waals surface area contributed by atoms with Crippen LogP contribution in [0.1, 0.15) is 0 Å². The van der Waals surface area contributed by atoms with E-state index in [9.17, 15) is 0 Å². The third-order valence-electron chi connectivity index (χ3n) is 1.69. The third-order valence-corrected chi connectivity index (χ3v) is 28.8. The number of hydrogen-bond donors (Lipinski definition) is 6. The Labute approximate surface area is 246 Å². The molecule has 1 aliphatic heterocycles. The summed E-state index contributed by atoms with van der Waals surface area (Å²) in [4.78, 5) is 0. The van der Waals surface area contributed by atoms with Gasteiger partial charge in [0.2, 0.25) is 0 Å². The Kier molecular flexibility index (Phi) is 116. The smallest absolute Gasteiger partial charge is 0.129 e. The van der Waals surface area contributed by atoms with E-state index in [1.165, 1.54) is 68.3 Å². The first-order valence-corrected chi connectivity index (χ1v) is 24.3. The molecule has 204 valence electrons. The van der Waals surface area contributed by atoms with Crippen molar-refractivity contribution in [1.29, 1.82) is 0 Å². The van der Waals surface area contributed by atoms with E-state index in [0.29, 0.717) is 0 Å². The number of rotatable bonds is 6. The van der Waals surface area contributed by atoms with Crippen molar-refractivity contribution in [3.05, 3.63) is 75.1 Å². The number of nitrogens with zero attached hydrogens (tertiary/aromatic N) is 3. The molecule has 0 aromatic rings. The molecule has 1 heterocycles. The molecule has 0 unspecified atom stereocenters. The van der Waals surface area contributed by atoms with E-state index in [2.05, 4.69) is 151 Å². The van der Waals surface area contributed by atoms with Crippen molar-refractivity contribution < 1.29 is 0 Å². The first-order valence-electron chi connectivity index (χ1n) is 5.92. The average molecular weight is 2300 g/mol. The maximum Gasteiger partial charge on any atom is 0.129 e. The second kappa shape index (κ2) is 54.7. The molecule has 36 heavy (non-hydrogen) atoms. The van der Waals surface area contributed by atoms with Crippen LogP contribution in [-0.2, 0) is 0 Å². The van der Waals surface area contributed by atoms with Crippen LogP contribution in [0, 0.1) is 75.1 Å². The molecule has 0 fully saturated rings. The number of hydrogen-bond acceptors (Lipinski definition) is 15. The van der Waals surface area contributed by atoms with Gasteiger partial charge in [0.15, 0.2) is 0 Å². The van der Waals surface area contributed by atoms with Crippen molar-refractivity contribution in [2.75, 3.05) is 0 Å². The van der Waals surface area contributed by atoms with Crippen LogP contribution in [0.2, 0.25) is 0 Å². The summed E-state index contributed by atoms with van der Waals surface area (Å²) in [6.07, 6.45) is 41.1. The fraction of sp³-hybridized carbons (Fsp3) is 0. The van der Waals surface area contributed by atoms with E-state index in [-0.39, 0.29) is 0 Å². The summed E-state index contributed by atoms with van der Waals surface area (Å²) in [6, 6.07) is 0. The Morgan fingerprint density at radius 2 is 0.389 bits per heavy atom. The Morgan fingerprint density at radius 1 is 0.306 bits per heavy atom. The van der Waals surface area contributed by atoms with Crippen molar-refractivity contribution in [2.24, 2.45) is 13.5 Å². The van der Waals surface area contributed by atoms with Gasteiger partial charge in [0, 0.05) is 0 Å². The van der Waals surface area contributed by atoms with Gasteiger partial charge < -0.3 is 75.8 Å². The molecule has 3 nitrogen and oxygen atoms in total. The molecule has 0 spiro atoms. The van der Waals surface area contributed by atoms with Gasteiger partial charge in [-0.15, -0.1) is 0 Å². The van der Waals surface area contributed by atoms with Gasteiger partial charge in [-0.3, -0.25) is 143 Å². The molecule has 1 rings (SSSR count). The van der Waals surface area contributed by atoms with Crippen LogP contribution in [0.15, 0.2) is 13.5 Å². The van der Waals surface area contributed by atoms with Crippen LogP contribution in [-0.4, -0.2) is 0 Å². The largest absolute Gasteiger partial charge is 0.372 e. The van der Waals surface area contributed by atoms with Crippen molar-refractivity contribution in [2.45, 2.75) is 0 Å². The summed E-state index contributed by atoms with van der Waals surface area (Å²) in [6.45, 7) is 0. The average Bonchev–Trinajstić information content (AvgIpc) is 2.90. The maximum atomic E-state index is 4.85. The topological polar surface area (TPSA) is 37.1 Å². The second-order valence-electron chi connectivity index (χ2n) is 2.51. The van der Waals surface area contributed by atoms with E-state index >= 15 is 0 Å². The zero-order valence-electron chi connectivity index (χ0n) is 20.5. The monoisotopic (exact) mass is 2300 g/mol. The van der Waals surface area contributed by atoms with Gasteiger partial charge in [-0.2, -0.15) is 0 Å². The standard InChI is InChI=1S/C6H12N3P3S6.6CH3S.6Rf/c1-13-10(14-2)7-11(15-3,16-4)9-12(8-10,17-5)18-6;6*1-2;;;;;;/h1-6H2;6*2H,1H2;;;;;;/q-6;6*-1;;;;;;. The third kappa shape index (κ3) is 27.5. The van der Waals surface area contributed by atoms with Crippen LogP contribution in [0.25, 0.3) is 0 Å². The van der Waals surface area contributed by atoms with Crippen LogP contribution in [0.5, 0.6) is 0 Å². The quantitative estimate of drug-likeness (QED) is 0.0905. The first kappa shape index (κ1) is 76.5. The minimum atomic E-state index is -2.04. The van der Waals surface area contributed by atoms with Crippen molar-refractivity contribution in [1.82, 2.24) is 0 Å². The van der Waals surface area contributed by atoms with Gasteiger partial charge in [0.1, 0.15) is 16.8 Å². The fourth-order valence-electron chi connectivity index (χ4n) is 0.904. The summed E-state index contributed by atoms with van der Waals surface area (Å²) >= 11 is 28.2. The zero-order valence-corrected chi connectivity index (χ0v) is 71.9. The van der Waals surface area contributed by atoms with Crippen molar-refractivity contribution >= 4 is 161 Å². The normalized spacial score (nSPS) is 12.8. The summed E-state index contributed by atoms with van der Waals surface area (Å²) in [5.41, 5.74) is -6.12. The van der Waals surface area contributed by atoms with Gasteiger partial charge in [-0.1, -0.05) is 0 Å². The van der Waals surface area contributed by atoms with E-state index in [4.69, 9.17) is 13.5 Å². The van der Waals surface area contributed by atoms with E-state index in [1.807, 2.05) is 0 Å². The number of thiol groups is 6. The van der Waals surface area contributed by atoms with Gasteiger partial charge >= 0.3 is 0 Å². The van der Waals surface area contributed by atoms with Gasteiger partial charge in [0.25, 0.3) is 0 Å². The Hall–Kier alpha value is -1.11. The molecular formula is C12H30N3P3Rf6S12-12. The summed E-state index contributed by atoms with van der Waals surface area (Å²) in [5, 5.41) is 0. The summed E-state index contributed by atoms with van der Waals surface area (Å²) in [7, 11) is 0. The second-order valence-corrected chi connectivity index (χ2v) is 25.0. The molecule has 0 atom stereocenters. The molecule has 0 N–H and O–H groups in total. The molecule has 0 aliphatic carbocycles. The molecule has 0 bridgehead atoms. The van der Waals surface area contributed by atoms with Gasteiger partial charge in [-0.25, -0.2) is 13.5 Å². The van der Waals surface area contributed by atoms with Crippen molar-refractivity contribution in [3.8, 4) is 0 Å². The van der Waals surface area contributed by atoms with Crippen LogP contribution < -0.4 is 0 Å². The Balaban J connectivity index is -0.0000000282. The molecule has 0 aromatic heterocycles. The Bertz CT molecular complexity index is 397. The molecule has 0 amide bonds. The molecule has 1 aliphatic rings. The van der Waals surface area contributed by atoms with Crippen LogP contribution in [0.3, 0.4) is 0 Å². The fourth-order valence-corrected chi connectivity index (χ4v) is 33.1. The zero-order chi connectivity index (χ0) is 25.9. The minimum absolute atomic E-state index is 0. The molecular weight excluding hydrogens is 2270 g/mol. The minimum Gasteiger partial charge on any atom is -0.372 e. The molecule has 24 heteroatoms. The van der Waals surface area contributed by atoms with Crippen LogP contribution in [0.4, 0.5) is 0 Å². The maximum absolute atomic E-state index is 4.85. The van der Waals surface area contributed by atoms with E-state index in [0.717, 1.165) is 0 Å². The van der Waals surface area contributed by atoms with Gasteiger partial charge in [-0.05, 0) is 0 Å². The first-order chi connectivity index (χ1) is 14.5.